The van der Waals surface area contributed by atoms with Crippen molar-refractivity contribution in [3.63, 3.8) is 0 Å². The summed E-state index contributed by atoms with van der Waals surface area (Å²) in [7, 11) is 1.61. The predicted octanol–water partition coefficient (Wildman–Crippen LogP) is 0.122. The Morgan fingerprint density at radius 1 is 1.22 bits per heavy atom. The Hall–Kier alpha value is -2.14. The first-order valence-corrected chi connectivity index (χ1v) is 14.2. The molecule has 0 aliphatic carbocycles. The summed E-state index contributed by atoms with van der Waals surface area (Å²) in [6.07, 6.45) is 1.23. The van der Waals surface area contributed by atoms with Crippen LogP contribution in [-0.4, -0.2) is 108 Å². The molecule has 2 bridgehead atoms. The number of aliphatic hydroxyl groups excluding tert-OH is 1. The molecule has 3 N–H and O–H groups in total. The zero-order valence-electron chi connectivity index (χ0n) is 21.6. The number of rotatable bonds is 9. The maximum Gasteiger partial charge on any atom is 0.244 e. The summed E-state index contributed by atoms with van der Waals surface area (Å²) in [5, 5.41) is 16.4. The molecule has 7 atom stereocenters. The van der Waals surface area contributed by atoms with Gasteiger partial charge in [-0.15, -0.1) is 11.8 Å². The van der Waals surface area contributed by atoms with E-state index in [4.69, 9.17) is 4.74 Å². The van der Waals surface area contributed by atoms with Crippen molar-refractivity contribution in [1.29, 1.82) is 0 Å². The second-order valence-corrected chi connectivity index (χ2v) is 12.2. The third kappa shape index (κ3) is 4.56. The van der Waals surface area contributed by atoms with Gasteiger partial charge in [-0.3, -0.25) is 19.3 Å². The zero-order valence-corrected chi connectivity index (χ0v) is 22.4. The number of nitrogens with one attached hydrogen (secondary N) is 2. The van der Waals surface area contributed by atoms with Gasteiger partial charge < -0.3 is 25.4 Å². The lowest BCUT2D eigenvalue weighted by atomic mass is 9.66. The van der Waals surface area contributed by atoms with Crippen LogP contribution in [0.25, 0.3) is 0 Å². The molecule has 3 unspecified atom stereocenters. The Kier molecular flexibility index (Phi) is 7.81. The van der Waals surface area contributed by atoms with Crippen LogP contribution in [0, 0.1) is 17.8 Å². The number of hydrogen-bond acceptors (Lipinski definition) is 7. The van der Waals surface area contributed by atoms with Crippen LogP contribution in [0.3, 0.4) is 0 Å². The van der Waals surface area contributed by atoms with Crippen molar-refractivity contribution >= 4 is 29.5 Å². The number of carbonyl (C=O) groups is 3. The highest BCUT2D eigenvalue weighted by Gasteiger charge is 2.76. The second-order valence-electron chi connectivity index (χ2n) is 10.7. The maximum atomic E-state index is 14.2. The fourth-order valence-electron chi connectivity index (χ4n) is 7.01. The van der Waals surface area contributed by atoms with E-state index < -0.39 is 28.7 Å². The second kappa shape index (κ2) is 10.9. The minimum Gasteiger partial charge on any atom is -0.394 e. The minimum atomic E-state index is -0.741. The molecule has 0 saturated carbocycles. The molecular weight excluding hydrogens is 492 g/mol. The van der Waals surface area contributed by atoms with Crippen molar-refractivity contribution < 1.29 is 24.2 Å². The number of hydrogen-bond donors (Lipinski definition) is 3. The average Bonchev–Trinajstić information content (AvgIpc) is 3.51. The monoisotopic (exact) mass is 530 g/mol. The molecule has 10 heteroatoms. The van der Waals surface area contributed by atoms with Crippen molar-refractivity contribution in [3.05, 3.63) is 35.9 Å². The summed E-state index contributed by atoms with van der Waals surface area (Å²) in [5.41, 5.74) is 0.989. The first-order valence-electron chi connectivity index (χ1n) is 13.4. The number of nitrogens with zero attached hydrogens (tertiary/aromatic N) is 2. The summed E-state index contributed by atoms with van der Waals surface area (Å²) in [5.74, 6) is -1.46. The van der Waals surface area contributed by atoms with Gasteiger partial charge in [0.2, 0.25) is 17.7 Å². The van der Waals surface area contributed by atoms with Crippen LogP contribution in [-0.2, 0) is 25.5 Å². The number of benzene rings is 1. The molecule has 9 nitrogen and oxygen atoms in total. The Morgan fingerprint density at radius 2 is 1.95 bits per heavy atom. The summed E-state index contributed by atoms with van der Waals surface area (Å²) >= 11 is 1.66. The number of morpholine rings is 1. The van der Waals surface area contributed by atoms with E-state index in [2.05, 4.69) is 22.5 Å². The topological polar surface area (TPSA) is 111 Å². The van der Waals surface area contributed by atoms with Gasteiger partial charge in [-0.2, -0.15) is 0 Å². The lowest BCUT2D eigenvalue weighted by molar-refractivity contribution is -0.142. The van der Waals surface area contributed by atoms with Crippen LogP contribution in [0.15, 0.2) is 30.3 Å². The number of thioether (sulfide) groups is 1. The molecule has 1 spiro atoms. The van der Waals surface area contributed by atoms with Gasteiger partial charge in [0.15, 0.2) is 0 Å². The number of amides is 3. The largest absolute Gasteiger partial charge is 0.394 e. The highest BCUT2D eigenvalue weighted by atomic mass is 32.2. The fourth-order valence-corrected chi connectivity index (χ4v) is 9.42. The van der Waals surface area contributed by atoms with Gasteiger partial charge in [0.05, 0.1) is 42.4 Å². The number of carbonyl (C=O) groups excluding carboxylic acids is 3. The lowest BCUT2D eigenvalue weighted by Crippen LogP contribution is -2.59. The van der Waals surface area contributed by atoms with Gasteiger partial charge >= 0.3 is 0 Å². The molecular formula is C27H38N4O5S. The standard InChI is InChI=1S/C27H38N4O5S/c1-17-14-20-21(24(33)28-2)22-26(35)31(19(16-32)15-18-6-4-3-5-7-18)23(27(17,22)37-20)25(34)29-8-9-30-10-12-36-13-11-30/h3-7,17,19-23,32H,8-16H2,1-2H3,(H,28,33)(H,29,34)/t17?,19-,20-,21+,22+,23?,27?/m1/s1. The molecule has 3 amide bonds. The Labute approximate surface area is 222 Å². The van der Waals surface area contributed by atoms with Gasteiger partial charge in [0.25, 0.3) is 0 Å². The first kappa shape index (κ1) is 26.5. The van der Waals surface area contributed by atoms with E-state index in [-0.39, 0.29) is 35.5 Å². The Balaban J connectivity index is 1.45. The average molecular weight is 531 g/mol. The van der Waals surface area contributed by atoms with Gasteiger partial charge in [-0.25, -0.2) is 0 Å². The molecule has 37 heavy (non-hydrogen) atoms. The highest BCUT2D eigenvalue weighted by Crippen LogP contribution is 2.68. The number of likely N-dealkylation sites (tertiary alicyclic amines) is 1. The Bertz CT molecular complexity index is 1010. The van der Waals surface area contributed by atoms with Crippen LogP contribution in [0.1, 0.15) is 18.9 Å². The van der Waals surface area contributed by atoms with Gasteiger partial charge in [-0.1, -0.05) is 37.3 Å². The van der Waals surface area contributed by atoms with E-state index in [1.165, 1.54) is 0 Å². The van der Waals surface area contributed by atoms with Crippen molar-refractivity contribution in [2.45, 2.75) is 41.8 Å². The fraction of sp³-hybridized carbons (Fsp3) is 0.667. The highest BCUT2D eigenvalue weighted by molar-refractivity contribution is 8.02. The summed E-state index contributed by atoms with van der Waals surface area (Å²) in [6.45, 7) is 6.09. The van der Waals surface area contributed by atoms with E-state index in [0.717, 1.165) is 25.1 Å². The van der Waals surface area contributed by atoms with Crippen LogP contribution >= 0.6 is 11.8 Å². The molecule has 4 saturated heterocycles. The third-order valence-corrected chi connectivity index (χ3v) is 10.8. The molecule has 202 valence electrons. The lowest BCUT2D eigenvalue weighted by Gasteiger charge is -2.40. The van der Waals surface area contributed by atoms with Crippen LogP contribution in [0.5, 0.6) is 0 Å². The van der Waals surface area contributed by atoms with Gasteiger partial charge in [-0.05, 0) is 24.3 Å². The SMILES string of the molecule is CNC(=O)[C@@H]1[C@H]2C(=O)N([C@@H](CO)Cc3ccccc3)C(C(=O)NCCN3CCOCC3)C23S[C@@H]1CC3C. The van der Waals surface area contributed by atoms with Crippen molar-refractivity contribution in [1.82, 2.24) is 20.4 Å². The molecule has 4 aliphatic rings. The number of fused-ring (bicyclic) bond motifs is 1. The molecule has 4 aliphatic heterocycles. The van der Waals surface area contributed by atoms with E-state index in [1.54, 1.807) is 23.7 Å². The van der Waals surface area contributed by atoms with E-state index in [9.17, 15) is 19.5 Å². The predicted molar refractivity (Wildman–Crippen MR) is 141 cm³/mol. The molecule has 4 heterocycles. The van der Waals surface area contributed by atoms with E-state index >= 15 is 0 Å². The van der Waals surface area contributed by atoms with Crippen LogP contribution in [0.2, 0.25) is 0 Å². The van der Waals surface area contributed by atoms with E-state index in [0.29, 0.717) is 32.7 Å². The minimum absolute atomic E-state index is 0.0106. The molecule has 1 aromatic rings. The van der Waals surface area contributed by atoms with Gasteiger partial charge in [0.1, 0.15) is 6.04 Å². The first-order chi connectivity index (χ1) is 17.9. The van der Waals surface area contributed by atoms with Gasteiger partial charge in [0, 0.05) is 38.5 Å². The molecule has 5 rings (SSSR count). The smallest absolute Gasteiger partial charge is 0.244 e. The summed E-state index contributed by atoms with van der Waals surface area (Å²) in [6, 6.07) is 8.43. The molecule has 1 aromatic carbocycles. The van der Waals surface area contributed by atoms with Crippen molar-refractivity contribution in [2.24, 2.45) is 17.8 Å². The zero-order chi connectivity index (χ0) is 26.2. The number of aliphatic hydroxyl groups is 1. The molecule has 4 fully saturated rings. The molecule has 0 aromatic heterocycles. The van der Waals surface area contributed by atoms with Crippen molar-refractivity contribution in [3.8, 4) is 0 Å². The normalized spacial score (nSPS) is 33.9. The van der Waals surface area contributed by atoms with Crippen LogP contribution < -0.4 is 10.6 Å². The van der Waals surface area contributed by atoms with Crippen LogP contribution in [0.4, 0.5) is 0 Å². The quantitative estimate of drug-likeness (QED) is 0.416. The Morgan fingerprint density at radius 3 is 2.62 bits per heavy atom. The maximum absolute atomic E-state index is 14.2. The summed E-state index contributed by atoms with van der Waals surface area (Å²) in [4.78, 5) is 45.1. The van der Waals surface area contributed by atoms with E-state index in [1.807, 2.05) is 30.3 Å². The van der Waals surface area contributed by atoms with Crippen molar-refractivity contribution in [2.75, 3.05) is 53.0 Å². The number of ether oxygens (including phenoxy) is 1. The molecule has 0 radical (unpaired) electrons. The third-order valence-electron chi connectivity index (χ3n) is 8.73. The summed E-state index contributed by atoms with van der Waals surface area (Å²) < 4.78 is 4.73.